The van der Waals surface area contributed by atoms with E-state index in [9.17, 15) is 4.79 Å². The molecule has 9 nitrogen and oxygen atoms in total. The average Bonchev–Trinajstić information content (AvgIpc) is 3.24. The number of aryl methyl sites for hydroxylation is 3. The molecular formula is C21H19BrN8O. The first-order valence-electron chi connectivity index (χ1n) is 9.45. The Balaban J connectivity index is 1.53. The Bertz CT molecular complexity index is 1310. The van der Waals surface area contributed by atoms with Gasteiger partial charge in [-0.15, -0.1) is 10.2 Å². The average molecular weight is 479 g/mol. The van der Waals surface area contributed by atoms with Gasteiger partial charge in [0.1, 0.15) is 5.69 Å². The molecule has 0 aliphatic carbocycles. The number of hydrogen-bond donors (Lipinski definition) is 1. The van der Waals surface area contributed by atoms with Gasteiger partial charge >= 0.3 is 5.69 Å². The number of H-pyrrole nitrogens is 1. The predicted molar refractivity (Wildman–Crippen MR) is 122 cm³/mol. The Labute approximate surface area is 186 Å². The highest BCUT2D eigenvalue weighted by atomic mass is 79.9. The minimum absolute atomic E-state index is 0.340. The van der Waals surface area contributed by atoms with Crippen LogP contribution in [0.5, 0.6) is 0 Å². The summed E-state index contributed by atoms with van der Waals surface area (Å²) in [5.74, 6) is 0.487. The molecule has 4 aromatic rings. The number of nitrogens with zero attached hydrogens (tertiary/aromatic N) is 7. The first kappa shape index (κ1) is 20.6. The molecule has 0 saturated carbocycles. The lowest BCUT2D eigenvalue weighted by Crippen LogP contribution is -2.21. The summed E-state index contributed by atoms with van der Waals surface area (Å²) in [4.78, 5) is 12.7. The fourth-order valence-electron chi connectivity index (χ4n) is 2.89. The van der Waals surface area contributed by atoms with Crippen molar-refractivity contribution in [3.8, 4) is 5.69 Å². The van der Waals surface area contributed by atoms with Crippen molar-refractivity contribution in [1.82, 2.24) is 24.7 Å². The zero-order valence-corrected chi connectivity index (χ0v) is 18.7. The van der Waals surface area contributed by atoms with Gasteiger partial charge < -0.3 is 0 Å². The van der Waals surface area contributed by atoms with Crippen LogP contribution in [0.1, 0.15) is 22.8 Å². The zero-order valence-electron chi connectivity index (χ0n) is 17.1. The second-order valence-corrected chi connectivity index (χ2v) is 7.76. The molecule has 31 heavy (non-hydrogen) atoms. The van der Waals surface area contributed by atoms with Gasteiger partial charge in [-0.25, -0.2) is 4.79 Å². The fourth-order valence-corrected chi connectivity index (χ4v) is 3.16. The number of benzene rings is 2. The largest absolute Gasteiger partial charge is 0.371 e. The van der Waals surface area contributed by atoms with E-state index in [2.05, 4.69) is 46.6 Å². The molecule has 0 unspecified atom stereocenters. The summed E-state index contributed by atoms with van der Waals surface area (Å²) in [6.07, 6.45) is 1.60. The summed E-state index contributed by atoms with van der Waals surface area (Å²) in [5, 5.41) is 24.1. The van der Waals surface area contributed by atoms with Gasteiger partial charge in [0.2, 0.25) is 0 Å². The molecule has 0 spiro atoms. The third kappa shape index (κ3) is 4.43. The molecule has 0 fully saturated rings. The van der Waals surface area contributed by atoms with Crippen molar-refractivity contribution in [2.45, 2.75) is 20.8 Å². The Kier molecular flexibility index (Phi) is 5.72. The van der Waals surface area contributed by atoms with E-state index in [0.717, 1.165) is 27.1 Å². The summed E-state index contributed by atoms with van der Waals surface area (Å²) < 4.78 is 3.51. The van der Waals surface area contributed by atoms with Crippen molar-refractivity contribution in [2.24, 2.45) is 15.3 Å². The Morgan fingerprint density at radius 1 is 1.00 bits per heavy atom. The maximum absolute atomic E-state index is 12.7. The smallest absolute Gasteiger partial charge is 0.280 e. The lowest BCUT2D eigenvalue weighted by atomic mass is 10.2. The Morgan fingerprint density at radius 3 is 2.35 bits per heavy atom. The quantitative estimate of drug-likeness (QED) is 0.330. The molecule has 4 rings (SSSR count). The molecule has 156 valence electrons. The zero-order chi connectivity index (χ0) is 22.0. The molecule has 0 saturated heterocycles. The number of azo groups is 1. The second-order valence-electron chi connectivity index (χ2n) is 6.85. The van der Waals surface area contributed by atoms with Crippen LogP contribution in [0.15, 0.2) is 73.1 Å². The fraction of sp³-hybridized carbons (Fsp3) is 0.143. The highest BCUT2D eigenvalue weighted by Gasteiger charge is 2.10. The first-order valence-corrected chi connectivity index (χ1v) is 10.2. The van der Waals surface area contributed by atoms with E-state index in [1.54, 1.807) is 13.1 Å². The standard InChI is InChI=1S/C21H19BrN8O/c1-13-20(14(2)25-24-13)27-26-18-8-4-16(5-9-18)12-23-29-15(3)28-30(21(29)31)19-10-6-17(22)7-11-19/h4-12H,1-3H3,(H,24,25)/b23-12+,27-26?. The van der Waals surface area contributed by atoms with Gasteiger partial charge in [0.05, 0.1) is 29.0 Å². The lowest BCUT2D eigenvalue weighted by molar-refractivity contribution is 0.778. The molecule has 1 N–H and O–H groups in total. The van der Waals surface area contributed by atoms with Crippen LogP contribution in [0.4, 0.5) is 11.4 Å². The molecule has 10 heteroatoms. The van der Waals surface area contributed by atoms with E-state index in [-0.39, 0.29) is 5.69 Å². The second kappa shape index (κ2) is 8.60. The molecule has 2 aromatic carbocycles. The summed E-state index contributed by atoms with van der Waals surface area (Å²) >= 11 is 3.38. The molecule has 2 heterocycles. The van der Waals surface area contributed by atoms with Gasteiger partial charge in [-0.05, 0) is 62.7 Å². The first-order chi connectivity index (χ1) is 14.9. The monoisotopic (exact) mass is 478 g/mol. The van der Waals surface area contributed by atoms with E-state index in [0.29, 0.717) is 17.2 Å². The topological polar surface area (TPSA) is 106 Å². The van der Waals surface area contributed by atoms with Crippen molar-refractivity contribution < 1.29 is 0 Å². The summed E-state index contributed by atoms with van der Waals surface area (Å²) in [7, 11) is 0. The number of hydrogen-bond acceptors (Lipinski definition) is 6. The summed E-state index contributed by atoms with van der Waals surface area (Å²) in [6, 6.07) is 14.7. The normalized spacial score (nSPS) is 11.7. The van der Waals surface area contributed by atoms with Crippen LogP contribution in [0.2, 0.25) is 0 Å². The van der Waals surface area contributed by atoms with Crippen molar-refractivity contribution in [3.63, 3.8) is 0 Å². The van der Waals surface area contributed by atoms with Crippen LogP contribution in [0.3, 0.4) is 0 Å². The highest BCUT2D eigenvalue weighted by molar-refractivity contribution is 9.10. The van der Waals surface area contributed by atoms with Gasteiger partial charge in [0, 0.05) is 4.47 Å². The van der Waals surface area contributed by atoms with Crippen LogP contribution < -0.4 is 5.69 Å². The number of halogens is 1. The van der Waals surface area contributed by atoms with Crippen LogP contribution in [0, 0.1) is 20.8 Å². The molecule has 0 radical (unpaired) electrons. The maximum atomic E-state index is 12.7. The number of nitrogens with one attached hydrogen (secondary N) is 1. The number of rotatable bonds is 5. The molecule has 0 amide bonds. The maximum Gasteiger partial charge on any atom is 0.371 e. The van der Waals surface area contributed by atoms with Crippen LogP contribution in [-0.4, -0.2) is 30.9 Å². The molecule has 0 bridgehead atoms. The van der Waals surface area contributed by atoms with Crippen LogP contribution in [-0.2, 0) is 0 Å². The Hall–Kier alpha value is -3.66. The number of aromatic amines is 1. The van der Waals surface area contributed by atoms with E-state index in [4.69, 9.17) is 0 Å². The third-order valence-corrected chi connectivity index (χ3v) is 5.08. The lowest BCUT2D eigenvalue weighted by Gasteiger charge is -1.98. The highest BCUT2D eigenvalue weighted by Crippen LogP contribution is 2.23. The summed E-state index contributed by atoms with van der Waals surface area (Å²) in [5.41, 5.74) is 4.26. The SMILES string of the molecule is Cc1n[nH]c(C)c1N=Nc1ccc(/C=N/n2c(C)nn(-c3ccc(Br)cc3)c2=O)cc1. The molecular weight excluding hydrogens is 460 g/mol. The summed E-state index contributed by atoms with van der Waals surface area (Å²) in [6.45, 7) is 5.51. The van der Waals surface area contributed by atoms with Gasteiger partial charge in [-0.1, -0.05) is 28.1 Å². The molecule has 0 aliphatic heterocycles. The third-order valence-electron chi connectivity index (χ3n) is 4.55. The molecule has 0 atom stereocenters. The van der Waals surface area contributed by atoms with E-state index in [1.807, 2.05) is 62.4 Å². The van der Waals surface area contributed by atoms with Gasteiger partial charge in [-0.2, -0.15) is 24.7 Å². The van der Waals surface area contributed by atoms with Crippen molar-refractivity contribution in [2.75, 3.05) is 0 Å². The number of aromatic nitrogens is 5. The molecule has 0 aliphatic rings. The van der Waals surface area contributed by atoms with Gasteiger partial charge in [-0.3, -0.25) is 5.10 Å². The van der Waals surface area contributed by atoms with Crippen LogP contribution in [0.25, 0.3) is 5.69 Å². The van der Waals surface area contributed by atoms with E-state index in [1.165, 1.54) is 9.36 Å². The van der Waals surface area contributed by atoms with E-state index < -0.39 is 0 Å². The van der Waals surface area contributed by atoms with Crippen LogP contribution >= 0.6 is 15.9 Å². The minimum atomic E-state index is -0.340. The van der Waals surface area contributed by atoms with E-state index >= 15 is 0 Å². The Morgan fingerprint density at radius 2 is 1.71 bits per heavy atom. The van der Waals surface area contributed by atoms with Gasteiger partial charge in [0.25, 0.3) is 0 Å². The van der Waals surface area contributed by atoms with Gasteiger partial charge in [0.15, 0.2) is 5.82 Å². The predicted octanol–water partition coefficient (Wildman–Crippen LogP) is 4.74. The molecule has 2 aromatic heterocycles. The minimum Gasteiger partial charge on any atom is -0.280 e. The van der Waals surface area contributed by atoms with Crippen molar-refractivity contribution >= 4 is 33.5 Å². The van der Waals surface area contributed by atoms with Crippen molar-refractivity contribution in [3.05, 3.63) is 86.3 Å². The van der Waals surface area contributed by atoms with Crippen molar-refractivity contribution in [1.29, 1.82) is 0 Å².